The van der Waals surface area contributed by atoms with Crippen LogP contribution < -0.4 is 9.47 Å². The van der Waals surface area contributed by atoms with E-state index in [-0.39, 0.29) is 12.7 Å². The van der Waals surface area contributed by atoms with E-state index in [2.05, 4.69) is 4.98 Å². The number of ether oxygens (including phenoxy) is 2. The van der Waals surface area contributed by atoms with Gasteiger partial charge in [0.1, 0.15) is 6.61 Å². The van der Waals surface area contributed by atoms with E-state index in [1.54, 1.807) is 0 Å². The summed E-state index contributed by atoms with van der Waals surface area (Å²) in [4.78, 5) is 4.44. The van der Waals surface area contributed by atoms with Gasteiger partial charge in [0.25, 0.3) is 0 Å². The van der Waals surface area contributed by atoms with Gasteiger partial charge in [0.15, 0.2) is 17.6 Å². The fourth-order valence-electron chi connectivity index (χ4n) is 1.97. The molecule has 0 bridgehead atoms. The van der Waals surface area contributed by atoms with E-state index in [1.807, 2.05) is 31.2 Å². The number of rotatable bonds is 1. The number of fused-ring (bicyclic) bond motifs is 3. The number of pyridine rings is 1. The molecule has 17 heavy (non-hydrogen) atoms. The number of aromatic nitrogens is 1. The number of aliphatic hydroxyl groups excluding tert-OH is 1. The van der Waals surface area contributed by atoms with Gasteiger partial charge in [-0.05, 0) is 31.2 Å². The second-order valence-corrected chi connectivity index (χ2v) is 4.15. The Balaban J connectivity index is 2.17. The van der Waals surface area contributed by atoms with Crippen molar-refractivity contribution in [2.45, 2.75) is 13.0 Å². The maximum Gasteiger partial charge on any atom is 0.171 e. The molecule has 88 valence electrons. The molecule has 0 spiro atoms. The van der Waals surface area contributed by atoms with E-state index in [9.17, 15) is 0 Å². The fraction of sp³-hybridized carbons (Fsp3) is 0.308. The van der Waals surface area contributed by atoms with Crippen LogP contribution in [0.1, 0.15) is 5.69 Å². The molecule has 0 radical (unpaired) electrons. The molecule has 0 aliphatic carbocycles. The summed E-state index contributed by atoms with van der Waals surface area (Å²) >= 11 is 0. The van der Waals surface area contributed by atoms with E-state index >= 15 is 0 Å². The van der Waals surface area contributed by atoms with Crippen LogP contribution in [0.25, 0.3) is 10.9 Å². The Hall–Kier alpha value is -1.81. The summed E-state index contributed by atoms with van der Waals surface area (Å²) in [6.07, 6.45) is -0.297. The van der Waals surface area contributed by atoms with Crippen LogP contribution in [0.5, 0.6) is 11.5 Å². The summed E-state index contributed by atoms with van der Waals surface area (Å²) in [5.41, 5.74) is 1.85. The predicted octanol–water partition coefficient (Wildman–Crippen LogP) is 1.68. The Bertz CT molecular complexity index is 568. The summed E-state index contributed by atoms with van der Waals surface area (Å²) in [5, 5.41) is 10.0. The minimum atomic E-state index is -0.297. The molecule has 4 heteroatoms. The van der Waals surface area contributed by atoms with Gasteiger partial charge >= 0.3 is 0 Å². The van der Waals surface area contributed by atoms with E-state index in [0.717, 1.165) is 16.6 Å². The molecule has 1 atom stereocenters. The number of nitrogens with zero attached hydrogens (tertiary/aromatic N) is 1. The van der Waals surface area contributed by atoms with E-state index < -0.39 is 0 Å². The summed E-state index contributed by atoms with van der Waals surface area (Å²) in [6.45, 7) is 2.29. The first-order valence-corrected chi connectivity index (χ1v) is 5.58. The van der Waals surface area contributed by atoms with Crippen LogP contribution in [-0.4, -0.2) is 29.4 Å². The Morgan fingerprint density at radius 1 is 1.35 bits per heavy atom. The lowest BCUT2D eigenvalue weighted by molar-refractivity contribution is 0.0472. The van der Waals surface area contributed by atoms with Crippen molar-refractivity contribution in [2.24, 2.45) is 0 Å². The van der Waals surface area contributed by atoms with Crippen molar-refractivity contribution in [3.8, 4) is 11.5 Å². The number of aliphatic hydroxyl groups is 1. The Morgan fingerprint density at radius 2 is 2.24 bits per heavy atom. The van der Waals surface area contributed by atoms with Crippen LogP contribution in [0.15, 0.2) is 24.3 Å². The Kier molecular flexibility index (Phi) is 2.37. The van der Waals surface area contributed by atoms with Crippen LogP contribution in [-0.2, 0) is 0 Å². The van der Waals surface area contributed by atoms with Gasteiger partial charge < -0.3 is 14.6 Å². The number of aryl methyl sites for hydroxylation is 1. The van der Waals surface area contributed by atoms with Crippen LogP contribution >= 0.6 is 0 Å². The highest BCUT2D eigenvalue weighted by molar-refractivity contribution is 5.88. The molecule has 1 aromatic carbocycles. The maximum absolute atomic E-state index is 9.11. The molecule has 1 aliphatic rings. The number of hydrogen-bond donors (Lipinski definition) is 1. The lowest BCUT2D eigenvalue weighted by Gasteiger charge is -2.26. The van der Waals surface area contributed by atoms with Crippen molar-refractivity contribution in [3.05, 3.63) is 30.0 Å². The molecular weight excluding hydrogens is 218 g/mol. The van der Waals surface area contributed by atoms with Gasteiger partial charge in [-0.15, -0.1) is 0 Å². The van der Waals surface area contributed by atoms with Gasteiger partial charge in [-0.2, -0.15) is 0 Å². The second-order valence-electron chi connectivity index (χ2n) is 4.15. The van der Waals surface area contributed by atoms with E-state index in [0.29, 0.717) is 18.1 Å². The van der Waals surface area contributed by atoms with Gasteiger partial charge in [0.05, 0.1) is 12.1 Å². The van der Waals surface area contributed by atoms with Crippen molar-refractivity contribution in [3.63, 3.8) is 0 Å². The highest BCUT2D eigenvalue weighted by Gasteiger charge is 2.22. The van der Waals surface area contributed by atoms with Crippen LogP contribution in [0, 0.1) is 6.92 Å². The van der Waals surface area contributed by atoms with Crippen molar-refractivity contribution in [1.29, 1.82) is 0 Å². The quantitative estimate of drug-likeness (QED) is 0.811. The van der Waals surface area contributed by atoms with Gasteiger partial charge in [-0.3, -0.25) is 4.98 Å². The van der Waals surface area contributed by atoms with Gasteiger partial charge in [-0.25, -0.2) is 0 Å². The minimum Gasteiger partial charge on any atom is -0.486 e. The topological polar surface area (TPSA) is 51.6 Å². The summed E-state index contributed by atoms with van der Waals surface area (Å²) in [5.74, 6) is 1.40. The lowest BCUT2D eigenvalue weighted by Crippen LogP contribution is -2.32. The summed E-state index contributed by atoms with van der Waals surface area (Å²) in [6, 6.07) is 7.69. The zero-order chi connectivity index (χ0) is 11.8. The third-order valence-corrected chi connectivity index (χ3v) is 2.84. The molecule has 2 aromatic rings. The molecule has 1 aromatic heterocycles. The monoisotopic (exact) mass is 231 g/mol. The van der Waals surface area contributed by atoms with Crippen LogP contribution in [0.3, 0.4) is 0 Å². The lowest BCUT2D eigenvalue weighted by atomic mass is 10.1. The van der Waals surface area contributed by atoms with Crippen molar-refractivity contribution >= 4 is 10.9 Å². The van der Waals surface area contributed by atoms with E-state index in [1.165, 1.54) is 0 Å². The zero-order valence-corrected chi connectivity index (χ0v) is 9.51. The Morgan fingerprint density at radius 3 is 3.06 bits per heavy atom. The molecule has 0 saturated heterocycles. The number of benzene rings is 1. The molecule has 0 saturated carbocycles. The molecule has 1 aliphatic heterocycles. The van der Waals surface area contributed by atoms with Crippen LogP contribution in [0.4, 0.5) is 0 Å². The first kappa shape index (κ1) is 10.4. The summed E-state index contributed by atoms with van der Waals surface area (Å²) in [7, 11) is 0. The zero-order valence-electron chi connectivity index (χ0n) is 9.51. The standard InChI is InChI=1S/C13H13NO3/c1-8-2-3-10-11(14-8)4-5-12-13(10)17-9(6-15)7-16-12/h2-5,9,15H,6-7H2,1H3/t9-/m1/s1. The normalized spacial score (nSPS) is 18.4. The van der Waals surface area contributed by atoms with Crippen molar-refractivity contribution < 1.29 is 14.6 Å². The molecule has 3 rings (SSSR count). The molecule has 4 nitrogen and oxygen atoms in total. The second kappa shape index (κ2) is 3.89. The SMILES string of the molecule is Cc1ccc2c3c(ccc2n1)OC[C@@H](CO)O3. The highest BCUT2D eigenvalue weighted by Crippen LogP contribution is 2.38. The Labute approximate surface area is 98.8 Å². The molecule has 0 unspecified atom stereocenters. The largest absolute Gasteiger partial charge is 0.486 e. The molecule has 2 heterocycles. The van der Waals surface area contributed by atoms with Gasteiger partial charge in [0, 0.05) is 11.1 Å². The van der Waals surface area contributed by atoms with E-state index in [4.69, 9.17) is 14.6 Å². The molecule has 1 N–H and O–H groups in total. The van der Waals surface area contributed by atoms with Gasteiger partial charge in [0.2, 0.25) is 0 Å². The molecular formula is C13H13NO3. The van der Waals surface area contributed by atoms with Crippen molar-refractivity contribution in [1.82, 2.24) is 4.98 Å². The highest BCUT2D eigenvalue weighted by atomic mass is 16.6. The van der Waals surface area contributed by atoms with Gasteiger partial charge in [-0.1, -0.05) is 0 Å². The average molecular weight is 231 g/mol. The smallest absolute Gasteiger partial charge is 0.171 e. The summed E-state index contributed by atoms with van der Waals surface area (Å²) < 4.78 is 11.3. The first-order chi connectivity index (χ1) is 8.28. The minimum absolute atomic E-state index is 0.0465. The molecule has 0 amide bonds. The third-order valence-electron chi connectivity index (χ3n) is 2.84. The number of hydrogen-bond acceptors (Lipinski definition) is 4. The first-order valence-electron chi connectivity index (χ1n) is 5.58. The third kappa shape index (κ3) is 1.70. The fourth-order valence-corrected chi connectivity index (χ4v) is 1.97. The van der Waals surface area contributed by atoms with Crippen molar-refractivity contribution in [2.75, 3.05) is 13.2 Å². The molecule has 0 fully saturated rings. The maximum atomic E-state index is 9.11. The van der Waals surface area contributed by atoms with Crippen LogP contribution in [0.2, 0.25) is 0 Å². The average Bonchev–Trinajstić information content (AvgIpc) is 2.37. The predicted molar refractivity (Wildman–Crippen MR) is 63.5 cm³/mol.